The Labute approximate surface area is 145 Å². The molecule has 1 aromatic heterocycles. The zero-order valence-electron chi connectivity index (χ0n) is 14.4. The smallest absolute Gasteiger partial charge is 0.340 e. The van der Waals surface area contributed by atoms with Crippen LogP contribution in [0.2, 0.25) is 0 Å². The molecule has 1 heterocycles. The first-order chi connectivity index (χ1) is 12.0. The van der Waals surface area contributed by atoms with E-state index in [-0.39, 0.29) is 11.8 Å². The molecule has 5 nitrogen and oxygen atoms in total. The summed E-state index contributed by atoms with van der Waals surface area (Å²) in [6.07, 6.45) is 1.77. The molecule has 0 saturated heterocycles. The number of fused-ring (bicyclic) bond motifs is 1. The fraction of sp³-hybridized carbons (Fsp3) is 0.200. The third-order valence-corrected chi connectivity index (χ3v) is 4.22. The van der Waals surface area contributed by atoms with E-state index in [0.717, 1.165) is 16.5 Å². The van der Waals surface area contributed by atoms with Gasteiger partial charge in [0.25, 0.3) is 0 Å². The van der Waals surface area contributed by atoms with Crippen molar-refractivity contribution in [2.75, 3.05) is 14.2 Å². The molecule has 5 heteroatoms. The molecule has 0 saturated carbocycles. The van der Waals surface area contributed by atoms with E-state index >= 15 is 0 Å². The molecule has 0 atom stereocenters. The number of ether oxygens (including phenoxy) is 2. The van der Waals surface area contributed by atoms with Crippen molar-refractivity contribution in [1.82, 2.24) is 4.57 Å². The van der Waals surface area contributed by atoms with E-state index in [1.807, 2.05) is 34.9 Å². The first kappa shape index (κ1) is 16.8. The molecule has 0 bridgehead atoms. The van der Waals surface area contributed by atoms with Gasteiger partial charge in [0.15, 0.2) is 5.78 Å². The Balaban J connectivity index is 2.11. The zero-order valence-corrected chi connectivity index (χ0v) is 14.4. The molecule has 0 N–H and O–H groups in total. The maximum atomic E-state index is 12.1. The fourth-order valence-electron chi connectivity index (χ4n) is 2.95. The lowest BCUT2D eigenvalue weighted by atomic mass is 10.1. The van der Waals surface area contributed by atoms with Gasteiger partial charge in [0.2, 0.25) is 0 Å². The van der Waals surface area contributed by atoms with E-state index in [1.165, 1.54) is 14.0 Å². The highest BCUT2D eigenvalue weighted by atomic mass is 16.5. The molecular formula is C20H19NO4. The first-order valence-corrected chi connectivity index (χ1v) is 7.89. The molecule has 0 spiro atoms. The molecule has 3 aromatic rings. The second-order valence-corrected chi connectivity index (χ2v) is 5.76. The van der Waals surface area contributed by atoms with Crippen LogP contribution >= 0.6 is 0 Å². The summed E-state index contributed by atoms with van der Waals surface area (Å²) in [5.74, 6) is 0.318. The van der Waals surface area contributed by atoms with Gasteiger partial charge in [0.1, 0.15) is 5.75 Å². The van der Waals surface area contributed by atoms with Gasteiger partial charge >= 0.3 is 5.97 Å². The molecule has 0 aliphatic rings. The standard InChI is InChI=1S/C20H19NO4/c1-13(22)14-8-9-19(24-2)15(10-14)11-21-12-17(20(23)25-3)16-6-4-5-7-18(16)21/h4-10,12H,11H2,1-3H3. The van der Waals surface area contributed by atoms with Crippen molar-refractivity contribution in [1.29, 1.82) is 0 Å². The lowest BCUT2D eigenvalue weighted by Crippen LogP contribution is -2.04. The van der Waals surface area contributed by atoms with Gasteiger partial charge in [-0.25, -0.2) is 4.79 Å². The lowest BCUT2D eigenvalue weighted by Gasteiger charge is -2.12. The molecule has 0 aliphatic heterocycles. The number of carbonyl (C=O) groups is 2. The van der Waals surface area contributed by atoms with Crippen LogP contribution in [0.1, 0.15) is 33.2 Å². The second-order valence-electron chi connectivity index (χ2n) is 5.76. The number of ketones is 1. The van der Waals surface area contributed by atoms with Crippen molar-refractivity contribution in [3.8, 4) is 5.75 Å². The van der Waals surface area contributed by atoms with Crippen molar-refractivity contribution in [3.05, 3.63) is 65.4 Å². The number of esters is 1. The van der Waals surface area contributed by atoms with Gasteiger partial charge < -0.3 is 14.0 Å². The van der Waals surface area contributed by atoms with Crippen LogP contribution in [0.4, 0.5) is 0 Å². The van der Waals surface area contributed by atoms with Gasteiger partial charge in [-0.3, -0.25) is 4.79 Å². The predicted octanol–water partition coefficient (Wildman–Crippen LogP) is 3.69. The number of rotatable bonds is 5. The van der Waals surface area contributed by atoms with Crippen LogP contribution in [0, 0.1) is 0 Å². The normalized spacial score (nSPS) is 10.7. The number of carbonyl (C=O) groups excluding carboxylic acids is 2. The number of hydrogen-bond acceptors (Lipinski definition) is 4. The molecule has 2 aromatic carbocycles. The highest BCUT2D eigenvalue weighted by molar-refractivity contribution is 6.04. The summed E-state index contributed by atoms with van der Waals surface area (Å²) in [7, 11) is 2.97. The number of aromatic nitrogens is 1. The minimum atomic E-state index is -0.376. The van der Waals surface area contributed by atoms with Gasteiger partial charge in [0.05, 0.1) is 26.3 Å². The van der Waals surface area contributed by atoms with E-state index in [0.29, 0.717) is 23.4 Å². The maximum absolute atomic E-state index is 12.1. The fourth-order valence-corrected chi connectivity index (χ4v) is 2.95. The lowest BCUT2D eigenvalue weighted by molar-refractivity contribution is 0.0602. The largest absolute Gasteiger partial charge is 0.496 e. The molecule has 0 aliphatic carbocycles. The van der Waals surface area contributed by atoms with E-state index in [2.05, 4.69) is 0 Å². The van der Waals surface area contributed by atoms with Crippen LogP contribution in [-0.4, -0.2) is 30.5 Å². The number of methoxy groups -OCH3 is 2. The molecule has 128 valence electrons. The second kappa shape index (κ2) is 6.81. The number of para-hydroxylation sites is 1. The molecule has 0 amide bonds. The van der Waals surface area contributed by atoms with Gasteiger partial charge in [-0.2, -0.15) is 0 Å². The van der Waals surface area contributed by atoms with Gasteiger partial charge in [-0.15, -0.1) is 0 Å². The Morgan fingerprint density at radius 1 is 1.08 bits per heavy atom. The summed E-state index contributed by atoms with van der Waals surface area (Å²) in [6, 6.07) is 13.0. The summed E-state index contributed by atoms with van der Waals surface area (Å²) in [6.45, 7) is 2.01. The number of nitrogens with zero attached hydrogens (tertiary/aromatic N) is 1. The average Bonchev–Trinajstić information content (AvgIpc) is 2.99. The molecular weight excluding hydrogens is 318 g/mol. The summed E-state index contributed by atoms with van der Waals surface area (Å²) < 4.78 is 12.3. The summed E-state index contributed by atoms with van der Waals surface area (Å²) in [5.41, 5.74) is 2.92. The van der Waals surface area contributed by atoms with E-state index < -0.39 is 0 Å². The Hall–Kier alpha value is -3.08. The van der Waals surface area contributed by atoms with Crippen LogP contribution in [0.15, 0.2) is 48.7 Å². The summed E-state index contributed by atoms with van der Waals surface area (Å²) in [5, 5.41) is 0.830. The Morgan fingerprint density at radius 3 is 2.52 bits per heavy atom. The van der Waals surface area contributed by atoms with Crippen LogP contribution in [0.25, 0.3) is 10.9 Å². The molecule has 0 radical (unpaired) electrons. The molecule has 0 unspecified atom stereocenters. The SMILES string of the molecule is COC(=O)c1cn(Cc2cc(C(C)=O)ccc2OC)c2ccccc12. The summed E-state index contributed by atoms with van der Waals surface area (Å²) >= 11 is 0. The highest BCUT2D eigenvalue weighted by Gasteiger charge is 2.16. The predicted molar refractivity (Wildman–Crippen MR) is 95.4 cm³/mol. The first-order valence-electron chi connectivity index (χ1n) is 7.89. The van der Waals surface area contributed by atoms with Crippen LogP contribution in [0.3, 0.4) is 0 Å². The number of benzene rings is 2. The third-order valence-electron chi connectivity index (χ3n) is 4.22. The highest BCUT2D eigenvalue weighted by Crippen LogP contribution is 2.26. The Morgan fingerprint density at radius 2 is 1.84 bits per heavy atom. The van der Waals surface area contributed by atoms with E-state index in [4.69, 9.17) is 9.47 Å². The third kappa shape index (κ3) is 3.13. The minimum absolute atomic E-state index is 0.00322. The van der Waals surface area contributed by atoms with E-state index in [1.54, 1.807) is 25.4 Å². The molecule has 25 heavy (non-hydrogen) atoms. The van der Waals surface area contributed by atoms with Gasteiger partial charge in [0, 0.05) is 28.2 Å². The monoisotopic (exact) mass is 337 g/mol. The molecule has 3 rings (SSSR count). The number of hydrogen-bond donors (Lipinski definition) is 0. The van der Waals surface area contributed by atoms with Gasteiger partial charge in [-0.1, -0.05) is 18.2 Å². The van der Waals surface area contributed by atoms with Crippen molar-refractivity contribution in [2.24, 2.45) is 0 Å². The van der Waals surface area contributed by atoms with Crippen molar-refractivity contribution in [2.45, 2.75) is 13.5 Å². The van der Waals surface area contributed by atoms with Gasteiger partial charge in [-0.05, 0) is 31.2 Å². The van der Waals surface area contributed by atoms with Crippen LogP contribution < -0.4 is 4.74 Å². The minimum Gasteiger partial charge on any atom is -0.496 e. The number of Topliss-reactive ketones (excluding diaryl/α,β-unsaturated/α-hetero) is 1. The van der Waals surface area contributed by atoms with E-state index in [9.17, 15) is 9.59 Å². The van der Waals surface area contributed by atoms with Crippen molar-refractivity contribution < 1.29 is 19.1 Å². The quantitative estimate of drug-likeness (QED) is 0.526. The maximum Gasteiger partial charge on any atom is 0.340 e. The average molecular weight is 337 g/mol. The molecule has 0 fully saturated rings. The van der Waals surface area contributed by atoms with Crippen molar-refractivity contribution in [3.63, 3.8) is 0 Å². The van der Waals surface area contributed by atoms with Crippen LogP contribution in [-0.2, 0) is 11.3 Å². The summed E-state index contributed by atoms with van der Waals surface area (Å²) in [4.78, 5) is 23.7. The van der Waals surface area contributed by atoms with Crippen LogP contribution in [0.5, 0.6) is 5.75 Å². The topological polar surface area (TPSA) is 57.5 Å². The van der Waals surface area contributed by atoms with Crippen molar-refractivity contribution >= 4 is 22.7 Å². The Bertz CT molecular complexity index is 955. The zero-order chi connectivity index (χ0) is 18.0. The Kier molecular flexibility index (Phi) is 4.57.